The van der Waals surface area contributed by atoms with Crippen LogP contribution in [0.15, 0.2) is 18.2 Å². The molecule has 0 saturated carbocycles. The Labute approximate surface area is 100.0 Å². The highest BCUT2D eigenvalue weighted by Crippen LogP contribution is 2.17. The summed E-state index contributed by atoms with van der Waals surface area (Å²) in [5, 5.41) is 3.27. The van der Waals surface area contributed by atoms with Gasteiger partial charge in [0, 0.05) is 19.2 Å². The van der Waals surface area contributed by atoms with E-state index >= 15 is 0 Å². The Morgan fingerprint density at radius 1 is 1.41 bits per heavy atom. The lowest BCUT2D eigenvalue weighted by atomic mass is 10.1. The lowest BCUT2D eigenvalue weighted by molar-refractivity contribution is 0.108. The zero-order valence-electron chi connectivity index (χ0n) is 9.88. The van der Waals surface area contributed by atoms with E-state index in [-0.39, 0.29) is 12.1 Å². The van der Waals surface area contributed by atoms with Crippen molar-refractivity contribution >= 4 is 0 Å². The number of hydrogen-bond donors (Lipinski definition) is 1. The Hall–Kier alpha value is -1.00. The second kappa shape index (κ2) is 5.56. The molecule has 1 N–H and O–H groups in total. The Morgan fingerprint density at radius 2 is 2.24 bits per heavy atom. The van der Waals surface area contributed by atoms with Gasteiger partial charge in [-0.25, -0.2) is 8.78 Å². The van der Waals surface area contributed by atoms with Crippen LogP contribution in [0.25, 0.3) is 0 Å². The minimum atomic E-state index is -0.805. The highest BCUT2D eigenvalue weighted by Gasteiger charge is 2.16. The van der Waals surface area contributed by atoms with E-state index in [0.29, 0.717) is 0 Å². The van der Waals surface area contributed by atoms with Gasteiger partial charge >= 0.3 is 0 Å². The van der Waals surface area contributed by atoms with Crippen molar-refractivity contribution in [3.05, 3.63) is 35.4 Å². The van der Waals surface area contributed by atoms with Crippen molar-refractivity contribution in [3.8, 4) is 0 Å². The number of rotatable bonds is 4. The van der Waals surface area contributed by atoms with Gasteiger partial charge in [-0.2, -0.15) is 0 Å². The first-order valence-electron chi connectivity index (χ1n) is 5.97. The topological polar surface area (TPSA) is 21.3 Å². The molecule has 0 spiro atoms. The van der Waals surface area contributed by atoms with Gasteiger partial charge in [-0.05, 0) is 37.5 Å². The van der Waals surface area contributed by atoms with Gasteiger partial charge < -0.3 is 10.1 Å². The Balaban J connectivity index is 1.89. The maximum atomic E-state index is 13.1. The van der Waals surface area contributed by atoms with Gasteiger partial charge in [0.15, 0.2) is 11.6 Å². The third kappa shape index (κ3) is 3.23. The summed E-state index contributed by atoms with van der Waals surface area (Å²) < 4.78 is 31.3. The van der Waals surface area contributed by atoms with Crippen molar-refractivity contribution in [2.45, 2.75) is 31.9 Å². The molecule has 1 fully saturated rings. The van der Waals surface area contributed by atoms with Crippen LogP contribution in [0.1, 0.15) is 31.4 Å². The highest BCUT2D eigenvalue weighted by atomic mass is 19.2. The van der Waals surface area contributed by atoms with Gasteiger partial charge in [0.2, 0.25) is 0 Å². The maximum Gasteiger partial charge on any atom is 0.159 e. The van der Waals surface area contributed by atoms with E-state index in [1.807, 2.05) is 6.92 Å². The summed E-state index contributed by atoms with van der Waals surface area (Å²) in [7, 11) is 0. The fourth-order valence-corrected chi connectivity index (χ4v) is 2.01. The normalized spacial score (nSPS) is 21.7. The van der Waals surface area contributed by atoms with Crippen molar-refractivity contribution in [3.63, 3.8) is 0 Å². The molecule has 0 aliphatic carbocycles. The molecule has 2 rings (SSSR count). The zero-order valence-corrected chi connectivity index (χ0v) is 9.88. The maximum absolute atomic E-state index is 13.1. The minimum absolute atomic E-state index is 0.00528. The number of halogens is 2. The van der Waals surface area contributed by atoms with Crippen LogP contribution in [0.3, 0.4) is 0 Å². The van der Waals surface area contributed by atoms with E-state index in [1.54, 1.807) is 6.07 Å². The van der Waals surface area contributed by atoms with Gasteiger partial charge in [0.05, 0.1) is 6.10 Å². The molecule has 0 aromatic heterocycles. The number of nitrogens with one attached hydrogen (secondary N) is 1. The average molecular weight is 241 g/mol. The zero-order chi connectivity index (χ0) is 12.3. The molecule has 1 aromatic carbocycles. The van der Waals surface area contributed by atoms with Crippen LogP contribution in [-0.4, -0.2) is 19.3 Å². The van der Waals surface area contributed by atoms with Crippen LogP contribution < -0.4 is 5.32 Å². The van der Waals surface area contributed by atoms with E-state index in [0.717, 1.165) is 37.6 Å². The predicted octanol–water partition coefficient (Wildman–Crippen LogP) is 2.79. The molecule has 1 aliphatic rings. The lowest BCUT2D eigenvalue weighted by Gasteiger charge is -2.17. The molecule has 0 radical (unpaired) electrons. The molecule has 94 valence electrons. The Bertz CT molecular complexity index is 378. The quantitative estimate of drug-likeness (QED) is 0.875. The fourth-order valence-electron chi connectivity index (χ4n) is 2.01. The first kappa shape index (κ1) is 12.5. The Morgan fingerprint density at radius 3 is 2.88 bits per heavy atom. The highest BCUT2D eigenvalue weighted by molar-refractivity contribution is 5.20. The number of hydrogen-bond acceptors (Lipinski definition) is 2. The molecule has 0 bridgehead atoms. The smallest absolute Gasteiger partial charge is 0.159 e. The molecular weight excluding hydrogens is 224 g/mol. The van der Waals surface area contributed by atoms with Crippen LogP contribution >= 0.6 is 0 Å². The Kier molecular flexibility index (Phi) is 4.07. The monoisotopic (exact) mass is 241 g/mol. The van der Waals surface area contributed by atoms with Gasteiger partial charge in [-0.15, -0.1) is 0 Å². The summed E-state index contributed by atoms with van der Waals surface area (Å²) in [5.41, 5.74) is 0.752. The second-order valence-electron chi connectivity index (χ2n) is 4.44. The van der Waals surface area contributed by atoms with E-state index in [2.05, 4.69) is 5.32 Å². The molecule has 1 aromatic rings. The van der Waals surface area contributed by atoms with Gasteiger partial charge in [-0.1, -0.05) is 6.07 Å². The molecule has 1 aliphatic heterocycles. The van der Waals surface area contributed by atoms with Gasteiger partial charge in [-0.3, -0.25) is 0 Å². The molecule has 2 atom stereocenters. The third-order valence-electron chi connectivity index (χ3n) is 3.12. The number of benzene rings is 1. The SMILES string of the molecule is CC(NCC1CCCO1)c1ccc(F)c(F)c1. The van der Waals surface area contributed by atoms with E-state index < -0.39 is 11.6 Å². The van der Waals surface area contributed by atoms with Crippen molar-refractivity contribution < 1.29 is 13.5 Å². The lowest BCUT2D eigenvalue weighted by Crippen LogP contribution is -2.28. The summed E-state index contributed by atoms with van der Waals surface area (Å²) in [6, 6.07) is 4.00. The van der Waals surface area contributed by atoms with Crippen molar-refractivity contribution in [1.82, 2.24) is 5.32 Å². The molecule has 17 heavy (non-hydrogen) atoms. The predicted molar refractivity (Wildman–Crippen MR) is 61.7 cm³/mol. The molecule has 2 unspecified atom stereocenters. The van der Waals surface area contributed by atoms with E-state index in [4.69, 9.17) is 4.74 Å². The largest absolute Gasteiger partial charge is 0.377 e. The van der Waals surface area contributed by atoms with Crippen molar-refractivity contribution in [2.24, 2.45) is 0 Å². The molecule has 2 nitrogen and oxygen atoms in total. The molecule has 1 saturated heterocycles. The first-order valence-corrected chi connectivity index (χ1v) is 5.97. The fraction of sp³-hybridized carbons (Fsp3) is 0.538. The number of ether oxygens (including phenoxy) is 1. The van der Waals surface area contributed by atoms with Gasteiger partial charge in [0.1, 0.15) is 0 Å². The van der Waals surface area contributed by atoms with Crippen LogP contribution in [0.4, 0.5) is 8.78 Å². The van der Waals surface area contributed by atoms with Crippen LogP contribution in [0.5, 0.6) is 0 Å². The van der Waals surface area contributed by atoms with Crippen LogP contribution in [0, 0.1) is 11.6 Å². The summed E-state index contributed by atoms with van der Waals surface area (Å²) in [4.78, 5) is 0. The van der Waals surface area contributed by atoms with Crippen molar-refractivity contribution in [1.29, 1.82) is 0 Å². The van der Waals surface area contributed by atoms with E-state index in [1.165, 1.54) is 6.07 Å². The summed E-state index contributed by atoms with van der Waals surface area (Å²) in [6.07, 6.45) is 2.42. The average Bonchev–Trinajstić information content (AvgIpc) is 2.82. The molecular formula is C13H17F2NO. The third-order valence-corrected chi connectivity index (χ3v) is 3.12. The van der Waals surface area contributed by atoms with Crippen molar-refractivity contribution in [2.75, 3.05) is 13.2 Å². The summed E-state index contributed by atoms with van der Waals surface area (Å²) >= 11 is 0. The second-order valence-corrected chi connectivity index (χ2v) is 4.44. The van der Waals surface area contributed by atoms with E-state index in [9.17, 15) is 8.78 Å². The summed E-state index contributed by atoms with van der Waals surface area (Å²) in [6.45, 7) is 3.51. The van der Waals surface area contributed by atoms with Gasteiger partial charge in [0.25, 0.3) is 0 Å². The standard InChI is InChI=1S/C13H17F2NO/c1-9(16-8-11-3-2-6-17-11)10-4-5-12(14)13(15)7-10/h4-5,7,9,11,16H,2-3,6,8H2,1H3. The molecule has 4 heteroatoms. The first-order chi connectivity index (χ1) is 8.16. The molecule has 0 amide bonds. The van der Waals surface area contributed by atoms with Crippen LogP contribution in [-0.2, 0) is 4.74 Å². The molecule has 1 heterocycles. The van der Waals surface area contributed by atoms with Crippen LogP contribution in [0.2, 0.25) is 0 Å². The summed E-state index contributed by atoms with van der Waals surface area (Å²) in [5.74, 6) is -1.60. The minimum Gasteiger partial charge on any atom is -0.377 e.